The van der Waals surface area contributed by atoms with Crippen molar-refractivity contribution in [2.24, 2.45) is 0 Å². The van der Waals surface area contributed by atoms with Crippen LogP contribution in [0.15, 0.2) is 22.9 Å². The summed E-state index contributed by atoms with van der Waals surface area (Å²) in [6.07, 6.45) is 3.55. The molecule has 0 aliphatic heterocycles. The summed E-state index contributed by atoms with van der Waals surface area (Å²) in [7, 11) is 0. The Kier molecular flexibility index (Phi) is 1.59. The number of pyridine rings is 1. The molecule has 12 heavy (non-hydrogen) atoms. The van der Waals surface area contributed by atoms with Gasteiger partial charge in [-0.15, -0.1) is 0 Å². The molecule has 0 aromatic carbocycles. The predicted molar refractivity (Wildman–Crippen MR) is 44.4 cm³/mol. The lowest BCUT2D eigenvalue weighted by Gasteiger charge is -1.89. The standard InChI is InChI=1S/C8H4ClNO2/c9-6-4-12-8-5(6)1-2-10-7(8)3-11/h1-4H. The molecule has 0 spiro atoms. The van der Waals surface area contributed by atoms with E-state index in [9.17, 15) is 4.79 Å². The Balaban J connectivity index is 2.89. The van der Waals surface area contributed by atoms with Crippen LogP contribution in [0.5, 0.6) is 0 Å². The Morgan fingerprint density at radius 3 is 3.17 bits per heavy atom. The van der Waals surface area contributed by atoms with Crippen LogP contribution in [0.1, 0.15) is 10.5 Å². The number of aldehydes is 1. The molecule has 0 radical (unpaired) electrons. The van der Waals surface area contributed by atoms with Gasteiger partial charge in [-0.3, -0.25) is 4.79 Å². The molecule has 2 rings (SSSR count). The molecular weight excluding hydrogens is 178 g/mol. The summed E-state index contributed by atoms with van der Waals surface area (Å²) in [5, 5.41) is 1.21. The van der Waals surface area contributed by atoms with Gasteiger partial charge in [0.25, 0.3) is 0 Å². The van der Waals surface area contributed by atoms with Gasteiger partial charge in [0.2, 0.25) is 0 Å². The minimum absolute atomic E-state index is 0.277. The van der Waals surface area contributed by atoms with Gasteiger partial charge in [-0.25, -0.2) is 4.98 Å². The minimum Gasteiger partial charge on any atom is -0.460 e. The van der Waals surface area contributed by atoms with E-state index in [-0.39, 0.29) is 5.69 Å². The van der Waals surface area contributed by atoms with Gasteiger partial charge in [-0.05, 0) is 6.07 Å². The van der Waals surface area contributed by atoms with E-state index in [2.05, 4.69) is 4.98 Å². The van der Waals surface area contributed by atoms with E-state index in [1.165, 1.54) is 12.5 Å². The molecule has 0 fully saturated rings. The van der Waals surface area contributed by atoms with Crippen LogP contribution < -0.4 is 0 Å². The number of nitrogens with zero attached hydrogens (tertiary/aromatic N) is 1. The molecule has 0 saturated heterocycles. The zero-order chi connectivity index (χ0) is 8.55. The highest BCUT2D eigenvalue weighted by Gasteiger charge is 2.07. The Morgan fingerprint density at radius 2 is 2.42 bits per heavy atom. The molecule has 60 valence electrons. The number of fused-ring (bicyclic) bond motifs is 1. The summed E-state index contributed by atoms with van der Waals surface area (Å²) in [5.41, 5.74) is 0.719. The van der Waals surface area contributed by atoms with Gasteiger partial charge in [0.05, 0.1) is 5.02 Å². The van der Waals surface area contributed by atoms with E-state index in [4.69, 9.17) is 16.0 Å². The number of rotatable bonds is 1. The number of carbonyl (C=O) groups excluding carboxylic acids is 1. The molecule has 0 saturated carbocycles. The van der Waals surface area contributed by atoms with Crippen LogP contribution in [-0.4, -0.2) is 11.3 Å². The number of aromatic nitrogens is 1. The van der Waals surface area contributed by atoms with Crippen molar-refractivity contribution < 1.29 is 9.21 Å². The highest BCUT2D eigenvalue weighted by Crippen LogP contribution is 2.25. The summed E-state index contributed by atoms with van der Waals surface area (Å²) in [6.45, 7) is 0. The first kappa shape index (κ1) is 7.31. The fourth-order valence-electron chi connectivity index (χ4n) is 1.03. The fraction of sp³-hybridized carbons (Fsp3) is 0. The first-order chi connectivity index (χ1) is 5.83. The third-order valence-electron chi connectivity index (χ3n) is 1.58. The molecule has 0 bridgehead atoms. The first-order valence-corrected chi connectivity index (χ1v) is 3.67. The van der Waals surface area contributed by atoms with E-state index in [0.29, 0.717) is 22.3 Å². The second kappa shape index (κ2) is 2.60. The molecule has 4 heteroatoms. The normalized spacial score (nSPS) is 10.4. The smallest absolute Gasteiger partial charge is 0.172 e. The Bertz CT molecular complexity index is 436. The SMILES string of the molecule is O=Cc1nccc2c(Cl)coc12. The summed E-state index contributed by atoms with van der Waals surface area (Å²) >= 11 is 5.76. The van der Waals surface area contributed by atoms with Crippen molar-refractivity contribution >= 4 is 28.9 Å². The molecule has 2 aromatic rings. The Labute approximate surface area is 73.0 Å². The molecule has 2 heterocycles. The zero-order valence-electron chi connectivity index (χ0n) is 5.95. The lowest BCUT2D eigenvalue weighted by Crippen LogP contribution is -1.84. The van der Waals surface area contributed by atoms with E-state index in [1.807, 2.05) is 0 Å². The average molecular weight is 182 g/mol. The molecule has 0 N–H and O–H groups in total. The number of hydrogen-bond acceptors (Lipinski definition) is 3. The maximum absolute atomic E-state index is 10.5. The maximum Gasteiger partial charge on any atom is 0.172 e. The van der Waals surface area contributed by atoms with Crippen molar-refractivity contribution in [3.05, 3.63) is 29.2 Å². The third-order valence-corrected chi connectivity index (χ3v) is 1.87. The lowest BCUT2D eigenvalue weighted by atomic mass is 10.3. The van der Waals surface area contributed by atoms with Gasteiger partial charge in [0, 0.05) is 11.6 Å². The van der Waals surface area contributed by atoms with E-state index in [0.717, 1.165) is 0 Å². The quantitative estimate of drug-likeness (QED) is 0.634. The fourth-order valence-corrected chi connectivity index (χ4v) is 1.23. The summed E-state index contributed by atoms with van der Waals surface area (Å²) in [4.78, 5) is 14.3. The topological polar surface area (TPSA) is 43.1 Å². The number of halogens is 1. The number of hydrogen-bond donors (Lipinski definition) is 0. The van der Waals surface area contributed by atoms with E-state index in [1.54, 1.807) is 6.07 Å². The van der Waals surface area contributed by atoms with Crippen LogP contribution >= 0.6 is 11.6 Å². The number of carbonyl (C=O) groups is 1. The van der Waals surface area contributed by atoms with E-state index >= 15 is 0 Å². The Hall–Kier alpha value is -1.35. The molecule has 3 nitrogen and oxygen atoms in total. The third kappa shape index (κ3) is 0.905. The molecule has 0 unspecified atom stereocenters. The second-order valence-corrected chi connectivity index (χ2v) is 2.68. The van der Waals surface area contributed by atoms with Crippen LogP contribution in [0.2, 0.25) is 5.02 Å². The van der Waals surface area contributed by atoms with Crippen molar-refractivity contribution in [1.29, 1.82) is 0 Å². The van der Waals surface area contributed by atoms with Crippen molar-refractivity contribution in [1.82, 2.24) is 4.98 Å². The number of furan rings is 1. The highest BCUT2D eigenvalue weighted by molar-refractivity contribution is 6.35. The van der Waals surface area contributed by atoms with Gasteiger partial charge >= 0.3 is 0 Å². The van der Waals surface area contributed by atoms with Crippen LogP contribution in [0.3, 0.4) is 0 Å². The maximum atomic E-state index is 10.5. The Morgan fingerprint density at radius 1 is 1.58 bits per heavy atom. The molecule has 0 aliphatic rings. The van der Waals surface area contributed by atoms with Gasteiger partial charge in [-0.2, -0.15) is 0 Å². The average Bonchev–Trinajstić information content (AvgIpc) is 2.48. The van der Waals surface area contributed by atoms with Gasteiger partial charge in [0.15, 0.2) is 11.9 Å². The summed E-state index contributed by atoms with van der Waals surface area (Å²) in [5.74, 6) is 0. The highest BCUT2D eigenvalue weighted by atomic mass is 35.5. The molecular formula is C8H4ClNO2. The van der Waals surface area contributed by atoms with Crippen molar-refractivity contribution in [3.8, 4) is 0 Å². The van der Waals surface area contributed by atoms with Crippen LogP contribution in [0.4, 0.5) is 0 Å². The second-order valence-electron chi connectivity index (χ2n) is 2.27. The lowest BCUT2D eigenvalue weighted by molar-refractivity contribution is 0.111. The molecule has 0 amide bonds. The molecule has 0 atom stereocenters. The summed E-state index contributed by atoms with van der Waals surface area (Å²) in [6, 6.07) is 1.70. The molecule has 0 aliphatic carbocycles. The minimum atomic E-state index is 0.277. The summed E-state index contributed by atoms with van der Waals surface area (Å²) < 4.78 is 5.04. The van der Waals surface area contributed by atoms with Gasteiger partial charge in [0.1, 0.15) is 12.0 Å². The van der Waals surface area contributed by atoms with E-state index < -0.39 is 0 Å². The van der Waals surface area contributed by atoms with Crippen molar-refractivity contribution in [3.63, 3.8) is 0 Å². The van der Waals surface area contributed by atoms with Gasteiger partial charge < -0.3 is 4.42 Å². The van der Waals surface area contributed by atoms with Crippen molar-refractivity contribution in [2.75, 3.05) is 0 Å². The first-order valence-electron chi connectivity index (χ1n) is 3.30. The predicted octanol–water partition coefficient (Wildman–Crippen LogP) is 2.29. The molecule has 2 aromatic heterocycles. The van der Waals surface area contributed by atoms with Crippen molar-refractivity contribution in [2.45, 2.75) is 0 Å². The largest absolute Gasteiger partial charge is 0.460 e. The van der Waals surface area contributed by atoms with Crippen LogP contribution in [0.25, 0.3) is 11.0 Å². The monoisotopic (exact) mass is 181 g/mol. The van der Waals surface area contributed by atoms with Gasteiger partial charge in [-0.1, -0.05) is 11.6 Å². The zero-order valence-corrected chi connectivity index (χ0v) is 6.71. The van der Waals surface area contributed by atoms with Crippen LogP contribution in [0, 0.1) is 0 Å². The van der Waals surface area contributed by atoms with Crippen LogP contribution in [-0.2, 0) is 0 Å².